The summed E-state index contributed by atoms with van der Waals surface area (Å²) in [7, 11) is -3.60. The van der Waals surface area contributed by atoms with Crippen molar-refractivity contribution in [1.82, 2.24) is 9.71 Å². The largest absolute Gasteiger partial charge is 0.477 e. The number of thiazole rings is 1. The van der Waals surface area contributed by atoms with Crippen molar-refractivity contribution in [2.45, 2.75) is 17.7 Å². The molecule has 0 spiro atoms. The average molecular weight is 397 g/mol. The number of hydrogen-bond acceptors (Lipinski definition) is 6. The molecule has 2 aromatic rings. The van der Waals surface area contributed by atoms with E-state index in [0.29, 0.717) is 10.7 Å². The summed E-state index contributed by atoms with van der Waals surface area (Å²) in [5.74, 6) is -1.06. The summed E-state index contributed by atoms with van der Waals surface area (Å²) in [4.78, 5) is 15.1. The van der Waals surface area contributed by atoms with Gasteiger partial charge in [-0.2, -0.15) is 0 Å². The van der Waals surface area contributed by atoms with Crippen molar-refractivity contribution in [2.75, 3.05) is 0 Å². The predicted molar refractivity (Wildman–Crippen MR) is 79.9 cm³/mol. The van der Waals surface area contributed by atoms with Gasteiger partial charge in [-0.25, -0.2) is 22.9 Å². The lowest BCUT2D eigenvalue weighted by Gasteiger charge is -2.01. The topological polar surface area (TPSA) is 96.4 Å². The Bertz CT molecular complexity index is 750. The maximum absolute atomic E-state index is 12.0. The highest BCUT2D eigenvalue weighted by atomic mass is 79.9. The molecule has 2 rings (SSSR count). The molecule has 0 unspecified atom stereocenters. The van der Waals surface area contributed by atoms with Crippen molar-refractivity contribution in [2.24, 2.45) is 0 Å². The van der Waals surface area contributed by atoms with E-state index in [4.69, 9.17) is 5.11 Å². The first-order valence-electron chi connectivity index (χ1n) is 5.24. The van der Waals surface area contributed by atoms with Gasteiger partial charge in [0.1, 0.15) is 14.1 Å². The normalized spacial score (nSPS) is 11.7. The van der Waals surface area contributed by atoms with Crippen LogP contribution in [0.25, 0.3) is 0 Å². The number of thiophene rings is 1. The Kier molecular flexibility index (Phi) is 4.59. The van der Waals surface area contributed by atoms with Crippen LogP contribution in [-0.4, -0.2) is 24.5 Å². The lowest BCUT2D eigenvalue weighted by molar-refractivity contribution is 0.0701. The molecule has 2 N–H and O–H groups in total. The number of nitrogens with one attached hydrogen (secondary N) is 1. The van der Waals surface area contributed by atoms with Crippen LogP contribution < -0.4 is 4.72 Å². The fourth-order valence-electron chi connectivity index (χ4n) is 1.40. The molecule has 0 amide bonds. The first-order valence-corrected chi connectivity index (χ1v) is 9.15. The minimum Gasteiger partial charge on any atom is -0.477 e. The first-order chi connectivity index (χ1) is 9.29. The molecular formula is C10H9BrN2O4S3. The summed E-state index contributed by atoms with van der Waals surface area (Å²) in [6, 6.07) is 3.14. The molecule has 20 heavy (non-hydrogen) atoms. The molecule has 0 atom stereocenters. The lowest BCUT2D eigenvalue weighted by atomic mass is 10.4. The van der Waals surface area contributed by atoms with Crippen LogP contribution in [0.4, 0.5) is 0 Å². The van der Waals surface area contributed by atoms with Gasteiger partial charge in [0.2, 0.25) is 10.0 Å². The molecule has 6 nitrogen and oxygen atoms in total. The Balaban J connectivity index is 2.12. The van der Waals surface area contributed by atoms with Crippen LogP contribution in [0.5, 0.6) is 0 Å². The minimum absolute atomic E-state index is 0.0311. The van der Waals surface area contributed by atoms with E-state index < -0.39 is 16.0 Å². The number of sulfonamides is 1. The maximum Gasteiger partial charge on any atom is 0.347 e. The zero-order valence-electron chi connectivity index (χ0n) is 10.1. The van der Waals surface area contributed by atoms with Gasteiger partial charge in [0, 0.05) is 0 Å². The molecule has 10 heteroatoms. The molecular weight excluding hydrogens is 388 g/mol. The van der Waals surface area contributed by atoms with Crippen molar-refractivity contribution >= 4 is 54.6 Å². The number of carboxylic acid groups (broad SMARTS) is 1. The van der Waals surface area contributed by atoms with E-state index >= 15 is 0 Å². The second-order valence-corrected chi connectivity index (χ2v) is 9.25. The molecule has 108 valence electrons. The van der Waals surface area contributed by atoms with Crippen molar-refractivity contribution in [1.29, 1.82) is 0 Å². The summed E-state index contributed by atoms with van der Waals surface area (Å²) < 4.78 is 27.3. The Labute approximate surface area is 131 Å². The minimum atomic E-state index is -3.60. The Hall–Kier alpha value is -0.810. The first kappa shape index (κ1) is 15.6. The number of aromatic carboxylic acids is 1. The SMILES string of the molecule is Cc1nc(CNS(=O)(=O)c2ccc(Br)s2)sc1C(=O)O. The van der Waals surface area contributed by atoms with Crippen LogP contribution in [0.2, 0.25) is 0 Å². The zero-order chi connectivity index (χ0) is 14.9. The molecule has 0 aliphatic rings. The summed E-state index contributed by atoms with van der Waals surface area (Å²) in [5, 5.41) is 9.33. The van der Waals surface area contributed by atoms with E-state index in [0.717, 1.165) is 26.5 Å². The fourth-order valence-corrected chi connectivity index (χ4v) is 5.37. The molecule has 0 fully saturated rings. The Morgan fingerprint density at radius 1 is 1.45 bits per heavy atom. The van der Waals surface area contributed by atoms with Crippen molar-refractivity contribution < 1.29 is 18.3 Å². The molecule has 0 aromatic carbocycles. The van der Waals surface area contributed by atoms with Gasteiger partial charge in [-0.05, 0) is 35.0 Å². The molecule has 2 aromatic heterocycles. The fraction of sp³-hybridized carbons (Fsp3) is 0.200. The third-order valence-corrected chi connectivity index (χ3v) is 6.92. The van der Waals surface area contributed by atoms with Gasteiger partial charge < -0.3 is 5.11 Å². The number of hydrogen-bond donors (Lipinski definition) is 2. The number of aromatic nitrogens is 1. The molecule has 0 saturated carbocycles. The van der Waals surface area contributed by atoms with Gasteiger partial charge in [-0.15, -0.1) is 22.7 Å². The summed E-state index contributed by atoms with van der Waals surface area (Å²) in [6.07, 6.45) is 0. The highest BCUT2D eigenvalue weighted by Crippen LogP contribution is 2.26. The summed E-state index contributed by atoms with van der Waals surface area (Å²) >= 11 is 5.26. The third-order valence-electron chi connectivity index (χ3n) is 2.26. The number of carbonyl (C=O) groups is 1. The average Bonchev–Trinajstić information content (AvgIpc) is 2.93. The van der Waals surface area contributed by atoms with E-state index in [1.165, 1.54) is 6.07 Å². The number of rotatable bonds is 5. The standard InChI is InChI=1S/C10H9BrN2O4S3/c1-5-9(10(14)15)19-7(13-5)4-12-20(16,17)8-3-2-6(11)18-8/h2-3,12H,4H2,1H3,(H,14,15). The monoisotopic (exact) mass is 396 g/mol. The van der Waals surface area contributed by atoms with Crippen molar-refractivity contribution in [3.05, 3.63) is 31.5 Å². The lowest BCUT2D eigenvalue weighted by Crippen LogP contribution is -2.22. The molecule has 0 saturated heterocycles. The molecule has 2 heterocycles. The third kappa shape index (κ3) is 3.44. The van der Waals surface area contributed by atoms with Crippen LogP contribution in [0, 0.1) is 6.92 Å². The van der Waals surface area contributed by atoms with E-state index in [1.54, 1.807) is 13.0 Å². The Morgan fingerprint density at radius 3 is 2.65 bits per heavy atom. The molecule has 0 radical (unpaired) electrons. The van der Waals surface area contributed by atoms with Crippen molar-refractivity contribution in [3.63, 3.8) is 0 Å². The summed E-state index contributed by atoms with van der Waals surface area (Å²) in [5.41, 5.74) is 0.385. The summed E-state index contributed by atoms with van der Waals surface area (Å²) in [6.45, 7) is 1.55. The smallest absolute Gasteiger partial charge is 0.347 e. The number of aryl methyl sites for hydroxylation is 1. The van der Waals surface area contributed by atoms with E-state index in [1.807, 2.05) is 0 Å². The molecule has 0 aliphatic heterocycles. The van der Waals surface area contributed by atoms with Crippen LogP contribution in [0.1, 0.15) is 20.4 Å². The van der Waals surface area contributed by atoms with Gasteiger partial charge in [0.15, 0.2) is 0 Å². The molecule has 0 bridgehead atoms. The number of halogens is 1. The van der Waals surface area contributed by atoms with Crippen LogP contribution in [0.15, 0.2) is 20.1 Å². The van der Waals surface area contributed by atoms with Crippen molar-refractivity contribution in [3.8, 4) is 0 Å². The van der Waals surface area contributed by atoms with Gasteiger partial charge in [0.05, 0.1) is 16.0 Å². The zero-order valence-corrected chi connectivity index (χ0v) is 14.1. The highest BCUT2D eigenvalue weighted by molar-refractivity contribution is 9.11. The highest BCUT2D eigenvalue weighted by Gasteiger charge is 2.19. The Morgan fingerprint density at radius 2 is 2.15 bits per heavy atom. The van der Waals surface area contributed by atoms with Crippen LogP contribution >= 0.6 is 38.6 Å². The second-order valence-electron chi connectivity index (χ2n) is 3.71. The van der Waals surface area contributed by atoms with E-state index in [-0.39, 0.29) is 15.6 Å². The number of nitrogens with zero attached hydrogens (tertiary/aromatic N) is 1. The van der Waals surface area contributed by atoms with E-state index in [2.05, 4.69) is 25.6 Å². The van der Waals surface area contributed by atoms with Crippen LogP contribution in [0.3, 0.4) is 0 Å². The number of carboxylic acids is 1. The van der Waals surface area contributed by atoms with E-state index in [9.17, 15) is 13.2 Å². The quantitative estimate of drug-likeness (QED) is 0.808. The van der Waals surface area contributed by atoms with Gasteiger partial charge in [0.25, 0.3) is 0 Å². The predicted octanol–water partition coefficient (Wildman–Crippen LogP) is 2.45. The van der Waals surface area contributed by atoms with Gasteiger partial charge in [-0.1, -0.05) is 0 Å². The molecule has 0 aliphatic carbocycles. The maximum atomic E-state index is 12.0. The van der Waals surface area contributed by atoms with Gasteiger partial charge in [-0.3, -0.25) is 0 Å². The second kappa shape index (κ2) is 5.90. The van der Waals surface area contributed by atoms with Crippen LogP contribution in [-0.2, 0) is 16.6 Å². The van der Waals surface area contributed by atoms with Gasteiger partial charge >= 0.3 is 5.97 Å².